The number of rotatable bonds is 4. The highest BCUT2D eigenvalue weighted by atomic mass is 32.2. The Hall–Kier alpha value is -3.19. The minimum atomic E-state index is -3.85. The second kappa shape index (κ2) is 6.92. The predicted molar refractivity (Wildman–Crippen MR) is 123 cm³/mol. The van der Waals surface area contributed by atoms with Crippen LogP contribution in [0.5, 0.6) is 0 Å². The number of fused-ring (bicyclic) bond motifs is 1. The van der Waals surface area contributed by atoms with Crippen LogP contribution in [0.2, 0.25) is 0 Å². The molecule has 0 amide bonds. The quantitative estimate of drug-likeness (QED) is 0.504. The minimum Gasteiger partial charge on any atom is -0.383 e. The molecule has 0 unspecified atom stereocenters. The average Bonchev–Trinajstić information content (AvgIpc) is 3.51. The van der Waals surface area contributed by atoms with Crippen LogP contribution in [-0.4, -0.2) is 22.4 Å². The first-order valence-electron chi connectivity index (χ1n) is 10.3. The molecule has 0 radical (unpaired) electrons. The maximum Gasteiger partial charge on any atom is 0.269 e. The third-order valence-corrected chi connectivity index (χ3v) is 7.72. The lowest BCUT2D eigenvalue weighted by Gasteiger charge is -2.11. The van der Waals surface area contributed by atoms with Crippen LogP contribution in [0.3, 0.4) is 0 Å². The molecule has 4 aromatic rings. The van der Waals surface area contributed by atoms with Crippen molar-refractivity contribution < 1.29 is 8.42 Å². The van der Waals surface area contributed by atoms with Gasteiger partial charge in [0.2, 0.25) is 0 Å². The first kappa shape index (κ1) is 19.8. The molecule has 1 saturated carbocycles. The Morgan fingerprint density at radius 1 is 0.903 bits per heavy atom. The normalized spacial score (nSPS) is 14.3. The Labute approximate surface area is 181 Å². The molecule has 1 aliphatic carbocycles. The van der Waals surface area contributed by atoms with Crippen LogP contribution in [0, 0.1) is 20.8 Å². The highest BCUT2D eigenvalue weighted by molar-refractivity contribution is 7.90. The summed E-state index contributed by atoms with van der Waals surface area (Å²) in [6, 6.07) is 14.7. The number of nitrogens with two attached hydrogens (primary N) is 1. The average molecular weight is 433 g/mol. The van der Waals surface area contributed by atoms with Gasteiger partial charge in [-0.15, -0.1) is 0 Å². The van der Waals surface area contributed by atoms with E-state index in [-0.39, 0.29) is 4.90 Å². The monoisotopic (exact) mass is 432 g/mol. The number of benzene rings is 2. The van der Waals surface area contributed by atoms with Crippen LogP contribution in [0.4, 0.5) is 5.82 Å². The molecule has 7 heteroatoms. The third kappa shape index (κ3) is 3.20. The zero-order valence-electron chi connectivity index (χ0n) is 17.8. The van der Waals surface area contributed by atoms with E-state index in [1.54, 1.807) is 24.3 Å². The fraction of sp³-hybridized carbons (Fsp3) is 0.250. The third-order valence-electron chi connectivity index (χ3n) is 5.93. The van der Waals surface area contributed by atoms with Crippen molar-refractivity contribution in [2.24, 2.45) is 0 Å². The number of aromatic nitrogens is 3. The fourth-order valence-electron chi connectivity index (χ4n) is 4.13. The molecule has 0 bridgehead atoms. The molecule has 2 N–H and O–H groups in total. The molecule has 1 fully saturated rings. The van der Waals surface area contributed by atoms with Crippen molar-refractivity contribution in [3.63, 3.8) is 0 Å². The summed E-state index contributed by atoms with van der Waals surface area (Å²) in [5.41, 5.74) is 11.3. The van der Waals surface area contributed by atoms with Crippen molar-refractivity contribution >= 4 is 26.9 Å². The number of aryl methyl sites for hydroxylation is 2. The van der Waals surface area contributed by atoms with Crippen molar-refractivity contribution in [2.75, 3.05) is 5.73 Å². The lowest BCUT2D eigenvalue weighted by molar-refractivity contribution is 0.587. The molecule has 2 aromatic heterocycles. The summed E-state index contributed by atoms with van der Waals surface area (Å²) in [6.45, 7) is 5.78. The van der Waals surface area contributed by atoms with E-state index in [9.17, 15) is 8.42 Å². The van der Waals surface area contributed by atoms with E-state index in [2.05, 4.69) is 4.98 Å². The van der Waals surface area contributed by atoms with E-state index in [1.165, 1.54) is 3.97 Å². The number of nitrogens with zero attached hydrogens (tertiary/aromatic N) is 3. The molecular formula is C24H24N4O2S. The van der Waals surface area contributed by atoms with E-state index in [1.807, 2.05) is 45.0 Å². The molecule has 31 heavy (non-hydrogen) atoms. The van der Waals surface area contributed by atoms with Gasteiger partial charge in [-0.25, -0.2) is 22.4 Å². The van der Waals surface area contributed by atoms with E-state index < -0.39 is 10.0 Å². The van der Waals surface area contributed by atoms with Crippen LogP contribution in [0.15, 0.2) is 53.4 Å². The molecule has 0 saturated heterocycles. The van der Waals surface area contributed by atoms with Crippen LogP contribution in [0.1, 0.15) is 41.1 Å². The molecule has 5 rings (SSSR count). The molecule has 2 aromatic carbocycles. The molecule has 6 nitrogen and oxygen atoms in total. The molecule has 0 spiro atoms. The number of nitrogen functional groups attached to an aromatic ring is 1. The predicted octanol–water partition coefficient (Wildman–Crippen LogP) is 4.72. The van der Waals surface area contributed by atoms with E-state index in [4.69, 9.17) is 10.7 Å². The van der Waals surface area contributed by atoms with Gasteiger partial charge in [-0.1, -0.05) is 47.5 Å². The Bertz CT molecular complexity index is 1420. The Kier molecular flexibility index (Phi) is 4.41. The van der Waals surface area contributed by atoms with Gasteiger partial charge in [0.25, 0.3) is 10.0 Å². The standard InChI is InChI=1S/C24H24N4O2S/c1-14-4-8-18(9-5-14)23-26-22(25)21-20(17-10-11-17)16(3)28(24(21)27-23)31(29,30)19-12-6-15(2)7-13-19/h4-9,12-13,17H,10-11H2,1-3H3,(H2,25,26,27). The van der Waals surface area contributed by atoms with Gasteiger partial charge in [-0.3, -0.25) is 0 Å². The summed E-state index contributed by atoms with van der Waals surface area (Å²) >= 11 is 0. The van der Waals surface area contributed by atoms with Crippen molar-refractivity contribution in [2.45, 2.75) is 44.4 Å². The van der Waals surface area contributed by atoms with Gasteiger partial charge >= 0.3 is 0 Å². The first-order valence-corrected chi connectivity index (χ1v) is 11.8. The van der Waals surface area contributed by atoms with E-state index >= 15 is 0 Å². The van der Waals surface area contributed by atoms with Crippen LogP contribution >= 0.6 is 0 Å². The summed E-state index contributed by atoms with van der Waals surface area (Å²) in [4.78, 5) is 9.51. The number of hydrogen-bond acceptors (Lipinski definition) is 5. The Morgan fingerprint density at radius 2 is 1.48 bits per heavy atom. The summed E-state index contributed by atoms with van der Waals surface area (Å²) < 4.78 is 28.8. The Balaban J connectivity index is 1.82. The summed E-state index contributed by atoms with van der Waals surface area (Å²) in [5, 5.41) is 0.659. The second-order valence-electron chi connectivity index (χ2n) is 8.35. The summed E-state index contributed by atoms with van der Waals surface area (Å²) in [7, 11) is -3.85. The van der Waals surface area contributed by atoms with Gasteiger partial charge < -0.3 is 5.73 Å². The minimum absolute atomic E-state index is 0.231. The van der Waals surface area contributed by atoms with Gasteiger partial charge in [-0.05, 0) is 57.2 Å². The highest BCUT2D eigenvalue weighted by Crippen LogP contribution is 2.47. The topological polar surface area (TPSA) is 90.9 Å². The fourth-order valence-corrected chi connectivity index (χ4v) is 5.64. The molecule has 0 aliphatic heterocycles. The van der Waals surface area contributed by atoms with Gasteiger partial charge in [0.05, 0.1) is 10.3 Å². The smallest absolute Gasteiger partial charge is 0.269 e. The zero-order valence-corrected chi connectivity index (χ0v) is 18.6. The molecule has 2 heterocycles. The van der Waals surface area contributed by atoms with Gasteiger partial charge in [-0.2, -0.15) is 0 Å². The maximum absolute atomic E-state index is 13.7. The molecule has 0 atom stereocenters. The van der Waals surface area contributed by atoms with Crippen molar-refractivity contribution in [3.8, 4) is 11.4 Å². The van der Waals surface area contributed by atoms with Gasteiger partial charge in [0, 0.05) is 11.3 Å². The highest BCUT2D eigenvalue weighted by Gasteiger charge is 2.35. The van der Waals surface area contributed by atoms with Crippen LogP contribution < -0.4 is 5.73 Å². The molecule has 158 valence electrons. The zero-order chi connectivity index (χ0) is 21.9. The largest absolute Gasteiger partial charge is 0.383 e. The summed E-state index contributed by atoms with van der Waals surface area (Å²) in [5.74, 6) is 1.04. The van der Waals surface area contributed by atoms with Crippen LogP contribution in [0.25, 0.3) is 22.4 Å². The SMILES string of the molecule is Cc1ccc(-c2nc(N)c3c(C4CC4)c(C)n(S(=O)(=O)c4ccc(C)cc4)c3n2)cc1. The van der Waals surface area contributed by atoms with Gasteiger partial charge in [0.15, 0.2) is 11.5 Å². The van der Waals surface area contributed by atoms with Crippen molar-refractivity contribution in [1.82, 2.24) is 13.9 Å². The molecular weight excluding hydrogens is 408 g/mol. The van der Waals surface area contributed by atoms with Crippen molar-refractivity contribution in [1.29, 1.82) is 0 Å². The summed E-state index contributed by atoms with van der Waals surface area (Å²) in [6.07, 6.45) is 2.04. The maximum atomic E-state index is 13.7. The van der Waals surface area contributed by atoms with Gasteiger partial charge in [0.1, 0.15) is 5.82 Å². The van der Waals surface area contributed by atoms with E-state index in [0.29, 0.717) is 34.3 Å². The lowest BCUT2D eigenvalue weighted by atomic mass is 10.1. The Morgan fingerprint density at radius 3 is 2.06 bits per heavy atom. The number of hydrogen-bond donors (Lipinski definition) is 1. The second-order valence-corrected chi connectivity index (χ2v) is 10.1. The van der Waals surface area contributed by atoms with Crippen molar-refractivity contribution in [3.05, 3.63) is 70.9 Å². The molecule has 1 aliphatic rings. The number of anilines is 1. The lowest BCUT2D eigenvalue weighted by Crippen LogP contribution is -2.15. The van der Waals surface area contributed by atoms with E-state index in [0.717, 1.165) is 35.1 Å². The van der Waals surface area contributed by atoms with Crippen LogP contribution in [-0.2, 0) is 10.0 Å². The first-order chi connectivity index (χ1) is 14.8.